The highest BCUT2D eigenvalue weighted by Crippen LogP contribution is 2.37. The van der Waals surface area contributed by atoms with E-state index in [1.807, 2.05) is 25.1 Å². The molecule has 2 rings (SSSR count). The predicted octanol–water partition coefficient (Wildman–Crippen LogP) is 3.99. The minimum atomic E-state index is -0.387. The highest BCUT2D eigenvalue weighted by molar-refractivity contribution is 9.10. The van der Waals surface area contributed by atoms with Crippen LogP contribution in [0.2, 0.25) is 0 Å². The molecule has 1 atom stereocenters. The molecule has 0 saturated heterocycles. The molecule has 1 heterocycles. The quantitative estimate of drug-likeness (QED) is 0.566. The lowest BCUT2D eigenvalue weighted by Gasteiger charge is -2.30. The first-order chi connectivity index (χ1) is 11.4. The normalized spacial score (nSPS) is 21.2. The SMILES string of the molecule is C/C=C(\OCC)C(=O)Nc1cc(Br)cc(C2(C)CCSC(N)=N2)c1. The maximum Gasteiger partial charge on any atom is 0.290 e. The number of benzene rings is 1. The van der Waals surface area contributed by atoms with Crippen LogP contribution in [0, 0.1) is 0 Å². The van der Waals surface area contributed by atoms with Gasteiger partial charge in [-0.25, -0.2) is 0 Å². The van der Waals surface area contributed by atoms with Gasteiger partial charge in [-0.3, -0.25) is 9.79 Å². The van der Waals surface area contributed by atoms with E-state index in [4.69, 9.17) is 10.5 Å². The Labute approximate surface area is 155 Å². The Hall–Kier alpha value is -1.47. The molecular formula is C17H22BrN3O2S. The number of allylic oxidation sites excluding steroid dienone is 1. The van der Waals surface area contributed by atoms with Crippen LogP contribution >= 0.6 is 27.7 Å². The van der Waals surface area contributed by atoms with Gasteiger partial charge in [-0.15, -0.1) is 0 Å². The molecule has 0 aliphatic carbocycles. The minimum absolute atomic E-state index is 0.268. The molecule has 1 amide bonds. The van der Waals surface area contributed by atoms with E-state index in [0.29, 0.717) is 23.2 Å². The summed E-state index contributed by atoms with van der Waals surface area (Å²) in [6.07, 6.45) is 2.55. The number of amides is 1. The van der Waals surface area contributed by atoms with Crippen molar-refractivity contribution < 1.29 is 9.53 Å². The summed E-state index contributed by atoms with van der Waals surface area (Å²) in [7, 11) is 0. The van der Waals surface area contributed by atoms with Crippen LogP contribution in [0.3, 0.4) is 0 Å². The van der Waals surface area contributed by atoms with Crippen molar-refractivity contribution in [2.24, 2.45) is 10.7 Å². The van der Waals surface area contributed by atoms with Gasteiger partial charge in [0.1, 0.15) is 0 Å². The van der Waals surface area contributed by atoms with E-state index in [1.54, 1.807) is 24.8 Å². The van der Waals surface area contributed by atoms with Crippen LogP contribution in [0.1, 0.15) is 32.8 Å². The summed E-state index contributed by atoms with van der Waals surface area (Å²) >= 11 is 5.08. The summed E-state index contributed by atoms with van der Waals surface area (Å²) in [5, 5.41) is 3.48. The van der Waals surface area contributed by atoms with E-state index in [9.17, 15) is 4.79 Å². The number of carbonyl (C=O) groups is 1. The standard InChI is InChI=1S/C17H22BrN3O2S/c1-4-14(23-5-2)15(22)20-13-9-11(8-12(18)10-13)17(3)6-7-24-16(19)21-17/h4,8-10H,5-7H2,1-3H3,(H2,19,21)(H,20,22)/b14-4-. The fraction of sp³-hybridized carbons (Fsp3) is 0.412. The second kappa shape index (κ2) is 8.07. The van der Waals surface area contributed by atoms with Crippen molar-refractivity contribution in [2.45, 2.75) is 32.7 Å². The highest BCUT2D eigenvalue weighted by Gasteiger charge is 2.30. The molecule has 130 valence electrons. The Morgan fingerprint density at radius 2 is 2.29 bits per heavy atom. The van der Waals surface area contributed by atoms with Crippen molar-refractivity contribution in [3.05, 3.63) is 40.1 Å². The summed E-state index contributed by atoms with van der Waals surface area (Å²) in [4.78, 5) is 16.9. The molecule has 1 aromatic rings. The van der Waals surface area contributed by atoms with Gasteiger partial charge in [0.15, 0.2) is 10.9 Å². The van der Waals surface area contributed by atoms with Gasteiger partial charge < -0.3 is 15.8 Å². The number of hydrogen-bond donors (Lipinski definition) is 2. The molecule has 0 saturated carbocycles. The van der Waals surface area contributed by atoms with Gasteiger partial charge in [0, 0.05) is 15.9 Å². The van der Waals surface area contributed by atoms with Crippen LogP contribution in [0.4, 0.5) is 5.69 Å². The van der Waals surface area contributed by atoms with Crippen LogP contribution in [-0.4, -0.2) is 23.4 Å². The lowest BCUT2D eigenvalue weighted by atomic mass is 9.89. The van der Waals surface area contributed by atoms with E-state index in [1.165, 1.54) is 0 Å². The van der Waals surface area contributed by atoms with Gasteiger partial charge >= 0.3 is 0 Å². The van der Waals surface area contributed by atoms with Crippen LogP contribution < -0.4 is 11.1 Å². The number of hydrogen-bond acceptors (Lipinski definition) is 5. The summed E-state index contributed by atoms with van der Waals surface area (Å²) in [5.74, 6) is 0.963. The number of thioether (sulfide) groups is 1. The van der Waals surface area contributed by atoms with E-state index >= 15 is 0 Å². The number of amidine groups is 1. The van der Waals surface area contributed by atoms with Crippen LogP contribution in [0.25, 0.3) is 0 Å². The minimum Gasteiger partial charge on any atom is -0.488 e. The molecule has 5 nitrogen and oxygen atoms in total. The van der Waals surface area contributed by atoms with Gasteiger partial charge in [-0.05, 0) is 57.0 Å². The lowest BCUT2D eigenvalue weighted by Crippen LogP contribution is -2.29. The number of carbonyl (C=O) groups excluding carboxylic acids is 1. The fourth-order valence-electron chi connectivity index (χ4n) is 2.50. The van der Waals surface area contributed by atoms with Gasteiger partial charge in [0.25, 0.3) is 5.91 Å². The van der Waals surface area contributed by atoms with E-state index in [0.717, 1.165) is 22.2 Å². The molecule has 7 heteroatoms. The molecular weight excluding hydrogens is 390 g/mol. The maximum atomic E-state index is 12.3. The molecule has 1 aliphatic rings. The molecule has 1 unspecified atom stereocenters. The van der Waals surface area contributed by atoms with E-state index < -0.39 is 0 Å². The molecule has 0 radical (unpaired) electrons. The number of ether oxygens (including phenoxy) is 1. The van der Waals surface area contributed by atoms with Crippen molar-refractivity contribution in [3.8, 4) is 0 Å². The first-order valence-electron chi connectivity index (χ1n) is 7.77. The summed E-state index contributed by atoms with van der Waals surface area (Å²) in [6.45, 7) is 6.12. The van der Waals surface area contributed by atoms with Crippen LogP contribution in [-0.2, 0) is 15.1 Å². The van der Waals surface area contributed by atoms with Gasteiger partial charge in [0.05, 0.1) is 12.1 Å². The van der Waals surface area contributed by atoms with Gasteiger partial charge in [-0.1, -0.05) is 27.7 Å². The predicted molar refractivity (Wildman–Crippen MR) is 104 cm³/mol. The Bertz CT molecular complexity index is 690. The zero-order valence-corrected chi connectivity index (χ0v) is 16.5. The Morgan fingerprint density at radius 3 is 2.92 bits per heavy atom. The molecule has 0 spiro atoms. The molecule has 3 N–H and O–H groups in total. The zero-order chi connectivity index (χ0) is 17.7. The summed E-state index contributed by atoms with van der Waals surface area (Å²) < 4.78 is 6.21. The topological polar surface area (TPSA) is 76.7 Å². The van der Waals surface area contributed by atoms with Crippen molar-refractivity contribution >= 4 is 44.5 Å². The third-order valence-electron chi connectivity index (χ3n) is 3.76. The van der Waals surface area contributed by atoms with E-state index in [2.05, 4.69) is 33.2 Å². The Kier molecular flexibility index (Phi) is 6.34. The average Bonchev–Trinajstić information content (AvgIpc) is 2.51. The third kappa shape index (κ3) is 4.54. The van der Waals surface area contributed by atoms with Gasteiger partial charge in [-0.2, -0.15) is 0 Å². The number of rotatable bonds is 5. The molecule has 0 aromatic heterocycles. The van der Waals surface area contributed by atoms with Crippen molar-refractivity contribution in [1.29, 1.82) is 0 Å². The number of anilines is 1. The second-order valence-corrected chi connectivity index (χ2v) is 7.62. The number of nitrogens with one attached hydrogen (secondary N) is 1. The van der Waals surface area contributed by atoms with E-state index in [-0.39, 0.29) is 11.4 Å². The van der Waals surface area contributed by atoms with Crippen molar-refractivity contribution in [1.82, 2.24) is 0 Å². The smallest absolute Gasteiger partial charge is 0.290 e. The Balaban J connectivity index is 2.29. The largest absolute Gasteiger partial charge is 0.488 e. The molecule has 0 bridgehead atoms. The van der Waals surface area contributed by atoms with Gasteiger partial charge in [0.2, 0.25) is 0 Å². The highest BCUT2D eigenvalue weighted by atomic mass is 79.9. The summed E-state index contributed by atoms with van der Waals surface area (Å²) in [6, 6.07) is 5.81. The monoisotopic (exact) mass is 411 g/mol. The van der Waals surface area contributed by atoms with Crippen molar-refractivity contribution in [2.75, 3.05) is 17.7 Å². The third-order valence-corrected chi connectivity index (χ3v) is 5.01. The Morgan fingerprint density at radius 1 is 1.54 bits per heavy atom. The lowest BCUT2D eigenvalue weighted by molar-refractivity contribution is -0.116. The zero-order valence-electron chi connectivity index (χ0n) is 14.1. The number of halogens is 1. The number of nitrogens with zero attached hydrogens (tertiary/aromatic N) is 1. The number of nitrogens with two attached hydrogens (primary N) is 1. The molecule has 0 fully saturated rings. The first-order valence-corrected chi connectivity index (χ1v) is 9.55. The van der Waals surface area contributed by atoms with Crippen LogP contribution in [0.5, 0.6) is 0 Å². The average molecular weight is 412 g/mol. The maximum absolute atomic E-state index is 12.3. The fourth-order valence-corrected chi connectivity index (χ4v) is 3.96. The van der Waals surface area contributed by atoms with Crippen LogP contribution in [0.15, 0.2) is 39.5 Å². The number of aliphatic imine (C=N–C) groups is 1. The second-order valence-electron chi connectivity index (χ2n) is 5.59. The summed E-state index contributed by atoms with van der Waals surface area (Å²) in [5.41, 5.74) is 7.22. The first kappa shape index (κ1) is 18.9. The molecule has 24 heavy (non-hydrogen) atoms. The van der Waals surface area contributed by atoms with Crippen molar-refractivity contribution in [3.63, 3.8) is 0 Å². The molecule has 1 aliphatic heterocycles. The molecule has 1 aromatic carbocycles.